The number of hydrogen-bond donors (Lipinski definition) is 0. The molecule has 1 heterocycles. The predicted octanol–water partition coefficient (Wildman–Crippen LogP) is 3.18. The number of rotatable bonds is 4. The van der Waals surface area contributed by atoms with Gasteiger partial charge in [-0.2, -0.15) is 0 Å². The Balaban J connectivity index is 1.71. The molecule has 4 aliphatic rings. The summed E-state index contributed by atoms with van der Waals surface area (Å²) >= 11 is 0. The largest absolute Gasteiger partial charge is 0.491 e. The molecule has 1 aromatic carbocycles. The molecule has 5 rings (SSSR count). The van der Waals surface area contributed by atoms with Gasteiger partial charge in [-0.15, -0.1) is 0 Å². The van der Waals surface area contributed by atoms with Crippen LogP contribution in [-0.4, -0.2) is 18.4 Å². The molecule has 23 heavy (non-hydrogen) atoms. The average Bonchev–Trinajstić information content (AvgIpc) is 2.88. The average molecular weight is 311 g/mol. The first-order valence-electron chi connectivity index (χ1n) is 8.50. The normalized spacial score (nSPS) is 31.6. The Morgan fingerprint density at radius 3 is 2.22 bits per heavy atom. The SMILES string of the molecule is CCCOc1ccccc1N1C(=O)[C@@H]2[C@H](C1=O)[C@@H]1C=C[C@H]2CC1. The van der Waals surface area contributed by atoms with E-state index in [0.29, 0.717) is 18.0 Å². The molecule has 2 amide bonds. The zero-order valence-electron chi connectivity index (χ0n) is 13.3. The first-order chi connectivity index (χ1) is 11.2. The van der Waals surface area contributed by atoms with Gasteiger partial charge in [0, 0.05) is 0 Å². The van der Waals surface area contributed by atoms with Crippen LogP contribution >= 0.6 is 0 Å². The van der Waals surface area contributed by atoms with Crippen LogP contribution in [0.15, 0.2) is 36.4 Å². The molecule has 2 fully saturated rings. The number of ether oxygens (including phenoxy) is 1. The standard InChI is InChI=1S/C19H21NO3/c1-2-11-23-15-6-4-3-5-14(15)20-18(21)16-12-7-8-13(10-9-12)17(16)19(20)22/h3-8,12-13,16-17H,2,9-11H2,1H3/t12-,13+,16-,17+. The number of amides is 2. The minimum absolute atomic E-state index is 0.0494. The van der Waals surface area contributed by atoms with Gasteiger partial charge in [0.05, 0.1) is 24.1 Å². The molecule has 4 heteroatoms. The first kappa shape index (κ1) is 14.5. The van der Waals surface area contributed by atoms with Crippen LogP contribution in [0.3, 0.4) is 0 Å². The molecule has 2 bridgehead atoms. The van der Waals surface area contributed by atoms with E-state index in [4.69, 9.17) is 4.74 Å². The molecule has 0 radical (unpaired) electrons. The lowest BCUT2D eigenvalue weighted by molar-refractivity contribution is -0.124. The van der Waals surface area contributed by atoms with Crippen molar-refractivity contribution in [3.8, 4) is 5.75 Å². The fraction of sp³-hybridized carbons (Fsp3) is 0.474. The zero-order valence-corrected chi connectivity index (χ0v) is 13.3. The van der Waals surface area contributed by atoms with Crippen LogP contribution in [0.5, 0.6) is 5.75 Å². The second-order valence-electron chi connectivity index (χ2n) is 6.67. The molecule has 3 aliphatic carbocycles. The maximum atomic E-state index is 13.0. The number of benzene rings is 1. The van der Waals surface area contributed by atoms with Crippen molar-refractivity contribution in [1.29, 1.82) is 0 Å². The van der Waals surface area contributed by atoms with E-state index >= 15 is 0 Å². The number of hydrogen-bond acceptors (Lipinski definition) is 3. The van der Waals surface area contributed by atoms with E-state index in [9.17, 15) is 9.59 Å². The molecule has 0 spiro atoms. The zero-order chi connectivity index (χ0) is 16.0. The van der Waals surface area contributed by atoms with Gasteiger partial charge in [-0.3, -0.25) is 9.59 Å². The van der Waals surface area contributed by atoms with Gasteiger partial charge in [0.1, 0.15) is 5.75 Å². The lowest BCUT2D eigenvalue weighted by atomic mass is 9.63. The van der Waals surface area contributed by atoms with E-state index in [0.717, 1.165) is 19.3 Å². The third kappa shape index (κ3) is 2.12. The summed E-state index contributed by atoms with van der Waals surface area (Å²) in [6.45, 7) is 2.61. The highest BCUT2D eigenvalue weighted by Crippen LogP contribution is 2.51. The van der Waals surface area contributed by atoms with Crippen LogP contribution in [0.2, 0.25) is 0 Å². The summed E-state index contributed by atoms with van der Waals surface area (Å²) in [7, 11) is 0. The van der Waals surface area contributed by atoms with E-state index in [-0.39, 0.29) is 35.5 Å². The molecule has 4 atom stereocenters. The summed E-state index contributed by atoms with van der Waals surface area (Å²) in [5, 5.41) is 0. The molecule has 4 nitrogen and oxygen atoms in total. The van der Waals surface area contributed by atoms with E-state index in [1.54, 1.807) is 0 Å². The van der Waals surface area contributed by atoms with Crippen molar-refractivity contribution in [3.05, 3.63) is 36.4 Å². The number of nitrogens with zero attached hydrogens (tertiary/aromatic N) is 1. The number of anilines is 1. The second-order valence-corrected chi connectivity index (χ2v) is 6.67. The molecule has 0 N–H and O–H groups in total. The van der Waals surface area contributed by atoms with Crippen molar-refractivity contribution in [2.24, 2.45) is 23.7 Å². The molecule has 0 unspecified atom stereocenters. The lowest BCUT2D eigenvalue weighted by Crippen LogP contribution is -2.38. The van der Waals surface area contributed by atoms with Gasteiger partial charge in [-0.1, -0.05) is 31.2 Å². The molecular weight excluding hydrogens is 290 g/mol. The summed E-state index contributed by atoms with van der Waals surface area (Å²) < 4.78 is 5.76. The van der Waals surface area contributed by atoms with Crippen LogP contribution in [0.4, 0.5) is 5.69 Å². The van der Waals surface area contributed by atoms with Gasteiger partial charge in [-0.25, -0.2) is 4.90 Å². The Hall–Kier alpha value is -2.10. The Bertz CT molecular complexity index is 649. The van der Waals surface area contributed by atoms with Crippen molar-refractivity contribution in [2.45, 2.75) is 26.2 Å². The quantitative estimate of drug-likeness (QED) is 0.634. The fourth-order valence-electron chi connectivity index (χ4n) is 4.29. The highest BCUT2D eigenvalue weighted by atomic mass is 16.5. The van der Waals surface area contributed by atoms with Crippen molar-refractivity contribution >= 4 is 17.5 Å². The van der Waals surface area contributed by atoms with Gasteiger partial charge >= 0.3 is 0 Å². The number of carbonyl (C=O) groups is 2. The maximum absolute atomic E-state index is 13.0. The molecule has 1 saturated carbocycles. The molecule has 120 valence electrons. The van der Waals surface area contributed by atoms with Gasteiger partial charge in [0.2, 0.25) is 11.8 Å². The van der Waals surface area contributed by atoms with Gasteiger partial charge in [0.15, 0.2) is 0 Å². The van der Waals surface area contributed by atoms with Crippen molar-refractivity contribution in [3.63, 3.8) is 0 Å². The van der Waals surface area contributed by atoms with Crippen LogP contribution in [0.1, 0.15) is 26.2 Å². The monoisotopic (exact) mass is 311 g/mol. The third-order valence-electron chi connectivity index (χ3n) is 5.33. The van der Waals surface area contributed by atoms with Crippen LogP contribution in [0, 0.1) is 23.7 Å². The third-order valence-corrected chi connectivity index (χ3v) is 5.33. The smallest absolute Gasteiger partial charge is 0.238 e. The lowest BCUT2D eigenvalue weighted by Gasteiger charge is -2.38. The number of para-hydroxylation sites is 2. The van der Waals surface area contributed by atoms with E-state index in [1.807, 2.05) is 31.2 Å². The van der Waals surface area contributed by atoms with Gasteiger partial charge < -0.3 is 4.74 Å². The Kier molecular flexibility index (Phi) is 3.47. The number of fused-ring (bicyclic) bond motifs is 1. The number of allylic oxidation sites excluding steroid dienone is 2. The predicted molar refractivity (Wildman–Crippen MR) is 87.1 cm³/mol. The van der Waals surface area contributed by atoms with Crippen molar-refractivity contribution in [2.75, 3.05) is 11.5 Å². The molecular formula is C19H21NO3. The highest BCUT2D eigenvalue weighted by molar-refractivity contribution is 6.23. The molecule has 1 aromatic rings. The number of imide groups is 1. The van der Waals surface area contributed by atoms with Gasteiger partial charge in [-0.05, 0) is 43.2 Å². The maximum Gasteiger partial charge on any atom is 0.238 e. The van der Waals surface area contributed by atoms with Crippen LogP contribution in [-0.2, 0) is 9.59 Å². The van der Waals surface area contributed by atoms with E-state index in [1.165, 1.54) is 4.90 Å². The summed E-state index contributed by atoms with van der Waals surface area (Å²) in [4.78, 5) is 27.4. The minimum atomic E-state index is -0.175. The summed E-state index contributed by atoms with van der Waals surface area (Å²) in [5.41, 5.74) is 0.602. The summed E-state index contributed by atoms with van der Waals surface area (Å²) in [5.74, 6) is 0.606. The van der Waals surface area contributed by atoms with E-state index in [2.05, 4.69) is 12.2 Å². The van der Waals surface area contributed by atoms with Crippen molar-refractivity contribution < 1.29 is 14.3 Å². The molecule has 1 aliphatic heterocycles. The number of carbonyl (C=O) groups excluding carboxylic acids is 2. The summed E-state index contributed by atoms with van der Waals surface area (Å²) in [6.07, 6.45) is 7.20. The fourth-order valence-corrected chi connectivity index (χ4v) is 4.29. The Morgan fingerprint density at radius 1 is 1.04 bits per heavy atom. The van der Waals surface area contributed by atoms with E-state index < -0.39 is 0 Å². The highest BCUT2D eigenvalue weighted by Gasteiger charge is 2.57. The second kappa shape index (κ2) is 5.52. The Morgan fingerprint density at radius 2 is 1.65 bits per heavy atom. The van der Waals surface area contributed by atoms with Crippen LogP contribution < -0.4 is 9.64 Å². The Labute approximate surface area is 136 Å². The molecule has 1 saturated heterocycles. The summed E-state index contributed by atoms with van der Waals surface area (Å²) in [6, 6.07) is 7.37. The molecule has 0 aromatic heterocycles. The first-order valence-corrected chi connectivity index (χ1v) is 8.50. The van der Waals surface area contributed by atoms with Crippen LogP contribution in [0.25, 0.3) is 0 Å². The minimum Gasteiger partial charge on any atom is -0.491 e. The van der Waals surface area contributed by atoms with Gasteiger partial charge in [0.25, 0.3) is 0 Å². The van der Waals surface area contributed by atoms with Crippen molar-refractivity contribution in [1.82, 2.24) is 0 Å². The topological polar surface area (TPSA) is 46.6 Å².